The fourth-order valence-corrected chi connectivity index (χ4v) is 5.29. The highest BCUT2D eigenvalue weighted by Crippen LogP contribution is 2.28. The average Bonchev–Trinajstić information content (AvgIpc) is 2.74. The third-order valence-corrected chi connectivity index (χ3v) is 7.11. The highest BCUT2D eigenvalue weighted by Gasteiger charge is 2.28. The Morgan fingerprint density at radius 1 is 0.759 bits per heavy atom. The van der Waals surface area contributed by atoms with Crippen molar-refractivity contribution < 1.29 is 0 Å². The number of benzene rings is 2. The van der Waals surface area contributed by atoms with Gasteiger partial charge in [-0.25, -0.2) is 0 Å². The number of hydrogen-bond acceptors (Lipinski definition) is 2. The summed E-state index contributed by atoms with van der Waals surface area (Å²) in [5, 5.41) is 0. The molecule has 2 fully saturated rings. The highest BCUT2D eigenvalue weighted by molar-refractivity contribution is 5.26. The maximum atomic E-state index is 2.82. The summed E-state index contributed by atoms with van der Waals surface area (Å²) in [4.78, 5) is 5.56. The van der Waals surface area contributed by atoms with Crippen LogP contribution in [0, 0.1) is 6.92 Å². The van der Waals surface area contributed by atoms with Crippen LogP contribution in [0.15, 0.2) is 54.6 Å². The van der Waals surface area contributed by atoms with Crippen molar-refractivity contribution in [3.8, 4) is 0 Å². The van der Waals surface area contributed by atoms with Crippen LogP contribution in [0.25, 0.3) is 0 Å². The molecule has 2 heteroatoms. The molecule has 0 aromatic heterocycles. The molecule has 1 unspecified atom stereocenters. The first-order valence-corrected chi connectivity index (χ1v) is 11.9. The van der Waals surface area contributed by atoms with Crippen molar-refractivity contribution in [2.45, 2.75) is 70.4 Å². The second-order valence-electron chi connectivity index (χ2n) is 9.19. The lowest BCUT2D eigenvalue weighted by atomic mass is 9.94. The van der Waals surface area contributed by atoms with Crippen LogP contribution in [0.2, 0.25) is 0 Å². The van der Waals surface area contributed by atoms with Crippen molar-refractivity contribution in [3.63, 3.8) is 0 Å². The molecule has 1 heterocycles. The summed E-state index contributed by atoms with van der Waals surface area (Å²) < 4.78 is 0. The van der Waals surface area contributed by atoms with Gasteiger partial charge in [0.2, 0.25) is 0 Å². The number of aryl methyl sites for hydroxylation is 1. The van der Waals surface area contributed by atoms with E-state index in [0.717, 1.165) is 12.5 Å². The first-order valence-electron chi connectivity index (χ1n) is 11.9. The second-order valence-corrected chi connectivity index (χ2v) is 9.19. The molecule has 2 aliphatic rings. The predicted octanol–water partition coefficient (Wildman–Crippen LogP) is 6.01. The maximum Gasteiger partial charge on any atom is 0.0389 e. The van der Waals surface area contributed by atoms with Crippen molar-refractivity contribution in [2.24, 2.45) is 0 Å². The Morgan fingerprint density at radius 3 is 2.03 bits per heavy atom. The molecule has 29 heavy (non-hydrogen) atoms. The van der Waals surface area contributed by atoms with Crippen molar-refractivity contribution >= 4 is 0 Å². The Bertz CT molecular complexity index is 708. The van der Waals surface area contributed by atoms with E-state index in [1.54, 1.807) is 0 Å². The van der Waals surface area contributed by atoms with E-state index >= 15 is 0 Å². The van der Waals surface area contributed by atoms with E-state index < -0.39 is 0 Å². The summed E-state index contributed by atoms with van der Waals surface area (Å²) in [5.41, 5.74) is 4.26. The quantitative estimate of drug-likeness (QED) is 0.617. The summed E-state index contributed by atoms with van der Waals surface area (Å²) in [7, 11) is 0. The SMILES string of the molecule is Cc1ccc(CC(c2ccccc2)N2CCN(C3CCCCCCC3)CC2)cc1. The van der Waals surface area contributed by atoms with Crippen LogP contribution >= 0.6 is 0 Å². The van der Waals surface area contributed by atoms with E-state index in [9.17, 15) is 0 Å². The van der Waals surface area contributed by atoms with Crippen LogP contribution in [0.4, 0.5) is 0 Å². The molecule has 1 atom stereocenters. The molecular weight excluding hydrogens is 352 g/mol. The van der Waals surface area contributed by atoms with Gasteiger partial charge in [0, 0.05) is 38.3 Å². The molecule has 4 rings (SSSR count). The maximum absolute atomic E-state index is 2.82. The zero-order valence-corrected chi connectivity index (χ0v) is 18.2. The minimum Gasteiger partial charge on any atom is -0.298 e. The van der Waals surface area contributed by atoms with Crippen LogP contribution in [-0.4, -0.2) is 42.0 Å². The summed E-state index contributed by atoms with van der Waals surface area (Å²) in [5.74, 6) is 0. The van der Waals surface area contributed by atoms with Crippen molar-refractivity contribution in [1.82, 2.24) is 9.80 Å². The second kappa shape index (κ2) is 10.4. The van der Waals surface area contributed by atoms with Gasteiger partial charge in [0.1, 0.15) is 0 Å². The molecule has 0 N–H and O–H groups in total. The minimum absolute atomic E-state index is 0.485. The topological polar surface area (TPSA) is 6.48 Å². The van der Waals surface area contributed by atoms with Gasteiger partial charge < -0.3 is 0 Å². The van der Waals surface area contributed by atoms with Crippen LogP contribution in [0.3, 0.4) is 0 Å². The molecule has 0 bridgehead atoms. The molecule has 1 saturated carbocycles. The van der Waals surface area contributed by atoms with Gasteiger partial charge in [-0.15, -0.1) is 0 Å². The van der Waals surface area contributed by atoms with Gasteiger partial charge in [0.05, 0.1) is 0 Å². The van der Waals surface area contributed by atoms with Crippen molar-refractivity contribution in [3.05, 3.63) is 71.3 Å². The first-order chi connectivity index (χ1) is 14.3. The van der Waals surface area contributed by atoms with Gasteiger partial charge in [-0.05, 0) is 37.3 Å². The highest BCUT2D eigenvalue weighted by atomic mass is 15.3. The lowest BCUT2D eigenvalue weighted by Crippen LogP contribution is -2.51. The summed E-state index contributed by atoms with van der Waals surface area (Å²) in [6.07, 6.45) is 11.2. The van der Waals surface area contributed by atoms with E-state index in [1.165, 1.54) is 87.8 Å². The lowest BCUT2D eigenvalue weighted by Gasteiger charge is -2.43. The lowest BCUT2D eigenvalue weighted by molar-refractivity contribution is 0.0595. The fraction of sp³-hybridized carbons (Fsp3) is 0.556. The molecule has 0 radical (unpaired) electrons. The summed E-state index contributed by atoms with van der Waals surface area (Å²) in [6.45, 7) is 7.04. The van der Waals surface area contributed by atoms with Gasteiger partial charge in [-0.3, -0.25) is 9.80 Å². The molecule has 156 valence electrons. The Kier molecular flexibility index (Phi) is 7.40. The largest absolute Gasteiger partial charge is 0.298 e. The van der Waals surface area contributed by atoms with Gasteiger partial charge in [-0.2, -0.15) is 0 Å². The van der Waals surface area contributed by atoms with Gasteiger partial charge in [-0.1, -0.05) is 92.3 Å². The molecule has 2 aromatic rings. The Balaban J connectivity index is 1.42. The molecule has 1 aliphatic carbocycles. The third-order valence-electron chi connectivity index (χ3n) is 7.11. The molecule has 2 nitrogen and oxygen atoms in total. The molecule has 2 aromatic carbocycles. The van der Waals surface area contributed by atoms with Crippen LogP contribution in [0.5, 0.6) is 0 Å². The Labute approximate surface area is 177 Å². The van der Waals surface area contributed by atoms with Crippen molar-refractivity contribution in [1.29, 1.82) is 0 Å². The van der Waals surface area contributed by atoms with Gasteiger partial charge in [0.25, 0.3) is 0 Å². The summed E-state index contributed by atoms with van der Waals surface area (Å²) >= 11 is 0. The monoisotopic (exact) mass is 390 g/mol. The van der Waals surface area contributed by atoms with Crippen molar-refractivity contribution in [2.75, 3.05) is 26.2 Å². The predicted molar refractivity (Wildman–Crippen MR) is 123 cm³/mol. The van der Waals surface area contributed by atoms with Gasteiger partial charge >= 0.3 is 0 Å². The molecule has 1 aliphatic heterocycles. The van der Waals surface area contributed by atoms with Crippen LogP contribution in [-0.2, 0) is 6.42 Å². The number of hydrogen-bond donors (Lipinski definition) is 0. The van der Waals surface area contributed by atoms with Gasteiger partial charge in [0.15, 0.2) is 0 Å². The number of rotatable bonds is 5. The standard InChI is InChI=1S/C27H38N2/c1-23-14-16-24(17-15-23)22-27(25-10-6-5-7-11-25)29-20-18-28(19-21-29)26-12-8-3-2-4-9-13-26/h5-7,10-11,14-17,26-27H,2-4,8-9,12-13,18-22H2,1H3. The van der Waals surface area contributed by atoms with Crippen LogP contribution in [0.1, 0.15) is 67.7 Å². The minimum atomic E-state index is 0.485. The van der Waals surface area contributed by atoms with E-state index in [4.69, 9.17) is 0 Å². The molecule has 1 saturated heterocycles. The zero-order valence-electron chi connectivity index (χ0n) is 18.2. The third kappa shape index (κ3) is 5.71. The molecular formula is C27H38N2. The normalized spacial score (nSPS) is 21.4. The fourth-order valence-electron chi connectivity index (χ4n) is 5.29. The smallest absolute Gasteiger partial charge is 0.0389 e. The van der Waals surface area contributed by atoms with Crippen LogP contribution < -0.4 is 0 Å². The number of piperazine rings is 1. The number of nitrogens with zero attached hydrogens (tertiary/aromatic N) is 2. The molecule has 0 amide bonds. The first kappa shape index (κ1) is 20.6. The van der Waals surface area contributed by atoms with E-state index in [-0.39, 0.29) is 0 Å². The zero-order chi connectivity index (χ0) is 19.9. The Morgan fingerprint density at radius 2 is 1.38 bits per heavy atom. The van der Waals surface area contributed by atoms with E-state index in [2.05, 4.69) is 71.3 Å². The summed E-state index contributed by atoms with van der Waals surface area (Å²) in [6, 6.07) is 21.6. The van der Waals surface area contributed by atoms with E-state index in [1.807, 2.05) is 0 Å². The van der Waals surface area contributed by atoms with E-state index in [0.29, 0.717) is 6.04 Å². The Hall–Kier alpha value is -1.64. The average molecular weight is 391 g/mol. The molecule has 0 spiro atoms.